The Morgan fingerprint density at radius 1 is 1.17 bits per heavy atom. The van der Waals surface area contributed by atoms with Crippen molar-refractivity contribution in [2.24, 2.45) is 0 Å². The third-order valence-electron chi connectivity index (χ3n) is 4.53. The van der Waals surface area contributed by atoms with Gasteiger partial charge in [0.25, 0.3) is 0 Å². The number of aryl methyl sites for hydroxylation is 1. The van der Waals surface area contributed by atoms with Crippen molar-refractivity contribution in [1.29, 1.82) is 0 Å². The van der Waals surface area contributed by atoms with Crippen LogP contribution in [0.5, 0.6) is 0 Å². The van der Waals surface area contributed by atoms with Crippen molar-refractivity contribution in [2.45, 2.75) is 25.0 Å². The third kappa shape index (κ3) is 3.99. The van der Waals surface area contributed by atoms with Crippen LogP contribution in [0.15, 0.2) is 48.5 Å². The zero-order chi connectivity index (χ0) is 16.9. The molecule has 2 aromatic carbocycles. The second-order valence-corrected chi connectivity index (χ2v) is 7.46. The normalized spacial score (nSPS) is 18.2. The zero-order valence-corrected chi connectivity index (χ0v) is 14.7. The van der Waals surface area contributed by atoms with Gasteiger partial charge in [0.1, 0.15) is 5.82 Å². The maximum atomic E-state index is 13.8. The first-order valence-electron chi connectivity index (χ1n) is 8.33. The molecule has 1 heterocycles. The molecular weight excluding hydrogens is 321 g/mol. The molecule has 3 rings (SSSR count). The first kappa shape index (κ1) is 17.0. The van der Waals surface area contributed by atoms with E-state index in [0.29, 0.717) is 10.8 Å². The fourth-order valence-corrected chi connectivity index (χ4v) is 4.46. The van der Waals surface area contributed by atoms with Gasteiger partial charge in [-0.05, 0) is 36.1 Å². The van der Waals surface area contributed by atoms with E-state index in [1.165, 1.54) is 17.2 Å². The zero-order valence-electron chi connectivity index (χ0n) is 13.9. The SMILES string of the molecule is Cc1ccccc1[C@@H]1CCN(C(=O)Cc2ccccc2F)CCS1. The molecule has 0 radical (unpaired) electrons. The summed E-state index contributed by atoms with van der Waals surface area (Å²) in [5.41, 5.74) is 3.15. The number of amides is 1. The summed E-state index contributed by atoms with van der Waals surface area (Å²) in [4.78, 5) is 14.4. The van der Waals surface area contributed by atoms with Crippen LogP contribution in [0.3, 0.4) is 0 Å². The Bertz CT molecular complexity index is 718. The van der Waals surface area contributed by atoms with Gasteiger partial charge in [0.2, 0.25) is 5.91 Å². The summed E-state index contributed by atoms with van der Waals surface area (Å²) in [6.07, 6.45) is 1.09. The summed E-state index contributed by atoms with van der Waals surface area (Å²) >= 11 is 1.91. The molecule has 0 aliphatic carbocycles. The van der Waals surface area contributed by atoms with Crippen molar-refractivity contribution in [3.63, 3.8) is 0 Å². The molecule has 0 unspecified atom stereocenters. The quantitative estimate of drug-likeness (QED) is 0.824. The Morgan fingerprint density at radius 3 is 2.71 bits per heavy atom. The third-order valence-corrected chi connectivity index (χ3v) is 5.84. The molecule has 0 bridgehead atoms. The Labute approximate surface area is 147 Å². The Hall–Kier alpha value is -1.81. The van der Waals surface area contributed by atoms with Crippen LogP contribution >= 0.6 is 11.8 Å². The van der Waals surface area contributed by atoms with Gasteiger partial charge in [-0.15, -0.1) is 0 Å². The molecule has 1 amide bonds. The molecule has 1 fully saturated rings. The smallest absolute Gasteiger partial charge is 0.227 e. The van der Waals surface area contributed by atoms with E-state index in [1.54, 1.807) is 18.2 Å². The number of rotatable bonds is 3. The molecule has 0 aromatic heterocycles. The highest BCUT2D eigenvalue weighted by Crippen LogP contribution is 2.36. The Balaban J connectivity index is 1.64. The van der Waals surface area contributed by atoms with Crippen LogP contribution < -0.4 is 0 Å². The van der Waals surface area contributed by atoms with E-state index in [2.05, 4.69) is 31.2 Å². The number of hydrogen-bond acceptors (Lipinski definition) is 2. The fourth-order valence-electron chi connectivity index (χ4n) is 3.13. The maximum Gasteiger partial charge on any atom is 0.227 e. The van der Waals surface area contributed by atoms with Crippen molar-refractivity contribution in [3.05, 3.63) is 71.0 Å². The summed E-state index contributed by atoms with van der Waals surface area (Å²) < 4.78 is 13.8. The largest absolute Gasteiger partial charge is 0.342 e. The minimum atomic E-state index is -0.298. The molecule has 24 heavy (non-hydrogen) atoms. The van der Waals surface area contributed by atoms with Crippen LogP contribution in [-0.2, 0) is 11.2 Å². The number of carbonyl (C=O) groups is 1. The molecular formula is C20H22FNOS. The molecule has 1 aliphatic rings. The summed E-state index contributed by atoms with van der Waals surface area (Å²) in [5.74, 6) is 0.640. The number of thioether (sulfide) groups is 1. The molecule has 0 saturated carbocycles. The monoisotopic (exact) mass is 343 g/mol. The van der Waals surface area contributed by atoms with Crippen LogP contribution in [0.4, 0.5) is 4.39 Å². The molecule has 1 saturated heterocycles. The lowest BCUT2D eigenvalue weighted by atomic mass is 10.0. The van der Waals surface area contributed by atoms with Crippen molar-refractivity contribution in [3.8, 4) is 0 Å². The molecule has 2 nitrogen and oxygen atoms in total. The number of nitrogens with zero attached hydrogens (tertiary/aromatic N) is 1. The van der Waals surface area contributed by atoms with Gasteiger partial charge in [-0.2, -0.15) is 11.8 Å². The van der Waals surface area contributed by atoms with Gasteiger partial charge in [0.05, 0.1) is 6.42 Å². The van der Waals surface area contributed by atoms with Gasteiger partial charge in [0.15, 0.2) is 0 Å². The van der Waals surface area contributed by atoms with E-state index < -0.39 is 0 Å². The molecule has 126 valence electrons. The van der Waals surface area contributed by atoms with Gasteiger partial charge >= 0.3 is 0 Å². The fraction of sp³-hybridized carbons (Fsp3) is 0.350. The average molecular weight is 343 g/mol. The van der Waals surface area contributed by atoms with Gasteiger partial charge in [-0.1, -0.05) is 42.5 Å². The summed E-state index contributed by atoms with van der Waals surface area (Å²) in [6, 6.07) is 15.0. The molecule has 1 atom stereocenters. The molecule has 4 heteroatoms. The molecule has 0 spiro atoms. The van der Waals surface area contributed by atoms with Crippen LogP contribution in [-0.4, -0.2) is 29.6 Å². The highest BCUT2D eigenvalue weighted by atomic mass is 32.2. The summed E-state index contributed by atoms with van der Waals surface area (Å²) in [6.45, 7) is 3.61. The van der Waals surface area contributed by atoms with E-state index in [9.17, 15) is 9.18 Å². The van der Waals surface area contributed by atoms with Crippen LogP contribution in [0, 0.1) is 12.7 Å². The lowest BCUT2D eigenvalue weighted by Gasteiger charge is -2.21. The van der Waals surface area contributed by atoms with Crippen molar-refractivity contribution < 1.29 is 9.18 Å². The summed E-state index contributed by atoms with van der Waals surface area (Å²) in [5, 5.41) is 0.428. The molecule has 2 aromatic rings. The second-order valence-electron chi connectivity index (χ2n) is 6.15. The maximum absolute atomic E-state index is 13.8. The van der Waals surface area contributed by atoms with Crippen LogP contribution in [0.25, 0.3) is 0 Å². The van der Waals surface area contributed by atoms with E-state index in [4.69, 9.17) is 0 Å². The van der Waals surface area contributed by atoms with Crippen LogP contribution in [0.1, 0.15) is 28.4 Å². The van der Waals surface area contributed by atoms with Crippen molar-refractivity contribution >= 4 is 17.7 Å². The lowest BCUT2D eigenvalue weighted by molar-refractivity contribution is -0.130. The van der Waals surface area contributed by atoms with E-state index in [0.717, 1.165) is 25.3 Å². The Kier molecular flexibility index (Phi) is 5.56. The lowest BCUT2D eigenvalue weighted by Crippen LogP contribution is -2.34. The van der Waals surface area contributed by atoms with Crippen LogP contribution in [0.2, 0.25) is 0 Å². The number of halogens is 1. The molecule has 0 N–H and O–H groups in total. The summed E-state index contributed by atoms with van der Waals surface area (Å²) in [7, 11) is 0. The predicted molar refractivity (Wildman–Crippen MR) is 97.7 cm³/mol. The highest BCUT2D eigenvalue weighted by Gasteiger charge is 2.23. The first-order valence-corrected chi connectivity index (χ1v) is 9.38. The number of benzene rings is 2. The standard InChI is InChI=1S/C20H22FNOS/c1-15-6-2-4-8-17(15)19-10-11-22(12-13-24-19)20(23)14-16-7-3-5-9-18(16)21/h2-9,19H,10-14H2,1H3/t19-/m0/s1. The average Bonchev–Trinajstić information content (AvgIpc) is 2.83. The number of hydrogen-bond donors (Lipinski definition) is 0. The molecule has 1 aliphatic heterocycles. The van der Waals surface area contributed by atoms with Crippen molar-refractivity contribution in [1.82, 2.24) is 4.90 Å². The highest BCUT2D eigenvalue weighted by molar-refractivity contribution is 7.99. The van der Waals surface area contributed by atoms with Gasteiger partial charge in [0, 0.05) is 24.1 Å². The minimum absolute atomic E-state index is 0.0196. The second kappa shape index (κ2) is 7.84. The number of carbonyl (C=O) groups excluding carboxylic acids is 1. The van der Waals surface area contributed by atoms with Gasteiger partial charge < -0.3 is 4.90 Å². The Morgan fingerprint density at radius 2 is 1.92 bits per heavy atom. The topological polar surface area (TPSA) is 20.3 Å². The van der Waals surface area contributed by atoms with E-state index >= 15 is 0 Å². The van der Waals surface area contributed by atoms with Gasteiger partial charge in [-0.25, -0.2) is 4.39 Å². The van der Waals surface area contributed by atoms with E-state index in [-0.39, 0.29) is 18.1 Å². The van der Waals surface area contributed by atoms with Crippen molar-refractivity contribution in [2.75, 3.05) is 18.8 Å². The minimum Gasteiger partial charge on any atom is -0.342 e. The first-order chi connectivity index (χ1) is 11.6. The van der Waals surface area contributed by atoms with Gasteiger partial charge in [-0.3, -0.25) is 4.79 Å². The van der Waals surface area contributed by atoms with E-state index in [1.807, 2.05) is 16.7 Å². The predicted octanol–water partition coefficient (Wildman–Crippen LogP) is 4.38.